The molecule has 3 rings (SSSR count). The van der Waals surface area contributed by atoms with Gasteiger partial charge in [-0.15, -0.1) is 10.2 Å². The minimum atomic E-state index is -0.0854. The SMILES string of the molecule is CC1=C(c2ccccc2)C1C(=O)N(C)Cc1nncn1C(C)C. The van der Waals surface area contributed by atoms with E-state index < -0.39 is 0 Å². The normalized spacial score (nSPS) is 16.8. The van der Waals surface area contributed by atoms with Crippen LogP contribution in [0.1, 0.15) is 38.2 Å². The molecule has 1 aliphatic carbocycles. The Labute approximate surface area is 136 Å². The lowest BCUT2D eigenvalue weighted by atomic mass is 10.1. The lowest BCUT2D eigenvalue weighted by molar-refractivity contribution is -0.131. The molecule has 5 heteroatoms. The van der Waals surface area contributed by atoms with Crippen molar-refractivity contribution in [3.05, 3.63) is 53.6 Å². The van der Waals surface area contributed by atoms with Gasteiger partial charge in [0.1, 0.15) is 6.33 Å². The van der Waals surface area contributed by atoms with Gasteiger partial charge in [0.15, 0.2) is 5.82 Å². The summed E-state index contributed by atoms with van der Waals surface area (Å²) in [7, 11) is 1.83. The van der Waals surface area contributed by atoms with Gasteiger partial charge >= 0.3 is 0 Å². The zero-order valence-corrected chi connectivity index (χ0v) is 14.0. The molecule has 0 N–H and O–H groups in total. The number of carbonyl (C=O) groups excluding carboxylic acids is 1. The van der Waals surface area contributed by atoms with Crippen molar-refractivity contribution in [2.45, 2.75) is 33.4 Å². The quantitative estimate of drug-likeness (QED) is 0.853. The summed E-state index contributed by atoms with van der Waals surface area (Å²) < 4.78 is 2.00. The second-order valence-electron chi connectivity index (χ2n) is 6.34. The first-order valence-corrected chi connectivity index (χ1v) is 7.90. The van der Waals surface area contributed by atoms with Gasteiger partial charge in [-0.3, -0.25) is 4.79 Å². The summed E-state index contributed by atoms with van der Waals surface area (Å²) in [5.41, 5.74) is 3.47. The molecule has 1 aromatic carbocycles. The predicted molar refractivity (Wildman–Crippen MR) is 89.4 cm³/mol. The highest BCUT2D eigenvalue weighted by Gasteiger charge is 2.41. The van der Waals surface area contributed by atoms with Crippen LogP contribution in [0.5, 0.6) is 0 Å². The lowest BCUT2D eigenvalue weighted by Gasteiger charge is -2.19. The van der Waals surface area contributed by atoms with E-state index in [9.17, 15) is 4.79 Å². The van der Waals surface area contributed by atoms with Gasteiger partial charge in [-0.1, -0.05) is 35.9 Å². The van der Waals surface area contributed by atoms with E-state index in [0.29, 0.717) is 6.54 Å². The third-order valence-electron chi connectivity index (χ3n) is 4.35. The molecule has 0 spiro atoms. The number of hydrogen-bond donors (Lipinski definition) is 0. The van der Waals surface area contributed by atoms with E-state index in [0.717, 1.165) is 17.0 Å². The van der Waals surface area contributed by atoms with Crippen molar-refractivity contribution in [2.75, 3.05) is 7.05 Å². The highest BCUT2D eigenvalue weighted by molar-refractivity contribution is 6.05. The third kappa shape index (κ3) is 2.91. The fraction of sp³-hybridized carbons (Fsp3) is 0.389. The molecule has 1 aromatic heterocycles. The summed E-state index contributed by atoms with van der Waals surface area (Å²) in [4.78, 5) is 14.5. The molecular formula is C18H22N4O. The van der Waals surface area contributed by atoms with Crippen molar-refractivity contribution < 1.29 is 4.79 Å². The number of benzene rings is 1. The smallest absolute Gasteiger partial charge is 0.234 e. The van der Waals surface area contributed by atoms with E-state index in [1.54, 1.807) is 11.2 Å². The molecule has 0 radical (unpaired) electrons. The van der Waals surface area contributed by atoms with Gasteiger partial charge in [-0.2, -0.15) is 0 Å². The molecule has 120 valence electrons. The van der Waals surface area contributed by atoms with Gasteiger partial charge in [0.25, 0.3) is 0 Å². The Bertz CT molecular complexity index is 745. The Morgan fingerprint density at radius 3 is 2.65 bits per heavy atom. The van der Waals surface area contributed by atoms with Crippen LogP contribution in [0.4, 0.5) is 0 Å². The lowest BCUT2D eigenvalue weighted by Crippen LogP contribution is -2.30. The first-order valence-electron chi connectivity index (χ1n) is 7.90. The van der Waals surface area contributed by atoms with Gasteiger partial charge in [0.05, 0.1) is 12.5 Å². The summed E-state index contributed by atoms with van der Waals surface area (Å²) in [6, 6.07) is 10.4. The maximum Gasteiger partial charge on any atom is 0.234 e. The number of rotatable bonds is 5. The topological polar surface area (TPSA) is 51.0 Å². The maximum atomic E-state index is 12.7. The van der Waals surface area contributed by atoms with Gasteiger partial charge < -0.3 is 9.47 Å². The van der Waals surface area contributed by atoms with E-state index in [1.807, 2.05) is 36.7 Å². The Morgan fingerprint density at radius 2 is 2.00 bits per heavy atom. The average Bonchev–Trinajstić information content (AvgIpc) is 2.98. The van der Waals surface area contributed by atoms with Crippen molar-refractivity contribution in [3.8, 4) is 0 Å². The predicted octanol–water partition coefficient (Wildman–Crippen LogP) is 2.92. The summed E-state index contributed by atoms with van der Waals surface area (Å²) in [6.45, 7) is 6.67. The van der Waals surface area contributed by atoms with E-state index in [1.165, 1.54) is 5.57 Å². The van der Waals surface area contributed by atoms with Gasteiger partial charge in [0, 0.05) is 13.1 Å². The molecule has 1 atom stereocenters. The highest BCUT2D eigenvalue weighted by Crippen LogP contribution is 2.47. The fourth-order valence-electron chi connectivity index (χ4n) is 2.97. The molecule has 1 amide bonds. The van der Waals surface area contributed by atoms with Crippen LogP contribution >= 0.6 is 0 Å². The Morgan fingerprint density at radius 1 is 1.30 bits per heavy atom. The van der Waals surface area contributed by atoms with Crippen molar-refractivity contribution in [1.82, 2.24) is 19.7 Å². The molecule has 0 fully saturated rings. The van der Waals surface area contributed by atoms with Crippen LogP contribution in [0.3, 0.4) is 0 Å². The van der Waals surface area contributed by atoms with E-state index in [-0.39, 0.29) is 17.9 Å². The van der Waals surface area contributed by atoms with Crippen molar-refractivity contribution in [2.24, 2.45) is 5.92 Å². The summed E-state index contributed by atoms with van der Waals surface area (Å²) in [5, 5.41) is 8.10. The van der Waals surface area contributed by atoms with Crippen LogP contribution in [-0.2, 0) is 11.3 Å². The average molecular weight is 310 g/mol. The zero-order chi connectivity index (χ0) is 16.6. The van der Waals surface area contributed by atoms with Crippen molar-refractivity contribution in [1.29, 1.82) is 0 Å². The van der Waals surface area contributed by atoms with Gasteiger partial charge in [0.2, 0.25) is 5.91 Å². The molecule has 0 saturated carbocycles. The molecular weight excluding hydrogens is 288 g/mol. The summed E-state index contributed by atoms with van der Waals surface area (Å²) >= 11 is 0. The number of amides is 1. The van der Waals surface area contributed by atoms with Crippen molar-refractivity contribution >= 4 is 11.5 Å². The highest BCUT2D eigenvalue weighted by atomic mass is 16.2. The summed E-state index contributed by atoms with van der Waals surface area (Å²) in [5.74, 6) is 0.855. The van der Waals surface area contributed by atoms with Crippen LogP contribution in [0, 0.1) is 5.92 Å². The minimum absolute atomic E-state index is 0.0854. The first-order chi connectivity index (χ1) is 11.0. The van der Waals surface area contributed by atoms with Gasteiger partial charge in [-0.05, 0) is 31.9 Å². The van der Waals surface area contributed by atoms with E-state index in [4.69, 9.17) is 0 Å². The number of aromatic nitrogens is 3. The van der Waals surface area contributed by atoms with Crippen LogP contribution in [0.15, 0.2) is 42.2 Å². The number of carbonyl (C=O) groups is 1. The van der Waals surface area contributed by atoms with Crippen LogP contribution in [0.25, 0.3) is 5.57 Å². The molecule has 1 aliphatic rings. The Kier molecular flexibility index (Phi) is 4.03. The van der Waals surface area contributed by atoms with Crippen LogP contribution in [-0.4, -0.2) is 32.6 Å². The molecule has 0 bridgehead atoms. The molecule has 0 aliphatic heterocycles. The maximum absolute atomic E-state index is 12.7. The van der Waals surface area contributed by atoms with E-state index >= 15 is 0 Å². The standard InChI is InChI=1S/C18H22N4O/c1-12(2)22-11-19-20-15(22)10-21(4)18(23)17-13(3)16(17)14-8-6-5-7-9-14/h5-9,11-12,17H,10H2,1-4H3. The van der Waals surface area contributed by atoms with E-state index in [2.05, 4.69) is 36.2 Å². The van der Waals surface area contributed by atoms with Crippen molar-refractivity contribution in [3.63, 3.8) is 0 Å². The fourth-order valence-corrected chi connectivity index (χ4v) is 2.97. The second kappa shape index (κ2) is 5.99. The largest absolute Gasteiger partial charge is 0.337 e. The number of nitrogens with zero attached hydrogens (tertiary/aromatic N) is 4. The van der Waals surface area contributed by atoms with Crippen LogP contribution in [0.2, 0.25) is 0 Å². The molecule has 2 aromatic rings. The third-order valence-corrected chi connectivity index (χ3v) is 4.35. The monoisotopic (exact) mass is 310 g/mol. The molecule has 5 nitrogen and oxygen atoms in total. The Hall–Kier alpha value is -2.43. The molecule has 23 heavy (non-hydrogen) atoms. The zero-order valence-electron chi connectivity index (χ0n) is 14.0. The summed E-state index contributed by atoms with van der Waals surface area (Å²) in [6.07, 6.45) is 1.72. The van der Waals surface area contributed by atoms with Gasteiger partial charge in [-0.25, -0.2) is 0 Å². The Balaban J connectivity index is 1.69. The van der Waals surface area contributed by atoms with Crippen LogP contribution < -0.4 is 0 Å². The first kappa shape index (κ1) is 15.5. The molecule has 0 saturated heterocycles. The number of hydrogen-bond acceptors (Lipinski definition) is 3. The molecule has 1 unspecified atom stereocenters. The molecule has 1 heterocycles. The second-order valence-corrected chi connectivity index (χ2v) is 6.34. The minimum Gasteiger partial charge on any atom is -0.337 e.